The summed E-state index contributed by atoms with van der Waals surface area (Å²) < 4.78 is 4.99. The molecule has 1 amide bonds. The second-order valence-electron chi connectivity index (χ2n) is 5.56. The lowest BCUT2D eigenvalue weighted by molar-refractivity contribution is -0.127. The highest BCUT2D eigenvalue weighted by atomic mass is 16.5. The number of hydrogen-bond donors (Lipinski definition) is 2. The van der Waals surface area contributed by atoms with Gasteiger partial charge in [0.05, 0.1) is 12.6 Å². The van der Waals surface area contributed by atoms with Crippen LogP contribution in [0.1, 0.15) is 34.1 Å². The van der Waals surface area contributed by atoms with Gasteiger partial charge in [-0.3, -0.25) is 9.69 Å². The largest absolute Gasteiger partial charge is 0.383 e. The van der Waals surface area contributed by atoms with Gasteiger partial charge in [-0.25, -0.2) is 0 Å². The fourth-order valence-electron chi connectivity index (χ4n) is 1.52. The molecule has 0 aliphatic heterocycles. The molecule has 0 saturated carbocycles. The van der Waals surface area contributed by atoms with Gasteiger partial charge < -0.3 is 15.8 Å². The monoisotopic (exact) mass is 259 g/mol. The number of nitrogens with one attached hydrogen (secondary N) is 1. The molecule has 108 valence electrons. The van der Waals surface area contributed by atoms with E-state index in [4.69, 9.17) is 10.5 Å². The summed E-state index contributed by atoms with van der Waals surface area (Å²) in [4.78, 5) is 14.0. The van der Waals surface area contributed by atoms with Crippen molar-refractivity contribution in [2.24, 2.45) is 5.73 Å². The highest BCUT2D eigenvalue weighted by molar-refractivity contribution is 5.81. The summed E-state index contributed by atoms with van der Waals surface area (Å²) in [6.45, 7) is 9.13. The Morgan fingerprint density at radius 2 is 2.06 bits per heavy atom. The van der Waals surface area contributed by atoms with E-state index in [2.05, 4.69) is 12.2 Å². The van der Waals surface area contributed by atoms with Crippen LogP contribution in [0, 0.1) is 0 Å². The zero-order valence-electron chi connectivity index (χ0n) is 12.6. The van der Waals surface area contributed by atoms with Crippen molar-refractivity contribution in [3.8, 4) is 0 Å². The van der Waals surface area contributed by atoms with Gasteiger partial charge in [-0.15, -0.1) is 0 Å². The maximum Gasteiger partial charge on any atom is 0.237 e. The molecule has 5 heteroatoms. The van der Waals surface area contributed by atoms with Crippen LogP contribution in [0.4, 0.5) is 0 Å². The molecular weight excluding hydrogens is 230 g/mol. The average molecular weight is 259 g/mol. The first-order valence-corrected chi connectivity index (χ1v) is 6.50. The second-order valence-corrected chi connectivity index (χ2v) is 5.56. The van der Waals surface area contributed by atoms with E-state index >= 15 is 0 Å². The predicted molar refractivity (Wildman–Crippen MR) is 74.5 cm³/mol. The van der Waals surface area contributed by atoms with Crippen molar-refractivity contribution < 1.29 is 9.53 Å². The Morgan fingerprint density at radius 3 is 2.50 bits per heavy atom. The molecule has 0 saturated heterocycles. The van der Waals surface area contributed by atoms with Gasteiger partial charge in [0, 0.05) is 25.2 Å². The molecule has 0 aromatic heterocycles. The third-order valence-corrected chi connectivity index (χ3v) is 3.29. The molecule has 0 radical (unpaired) electrons. The molecule has 0 aromatic rings. The van der Waals surface area contributed by atoms with Crippen molar-refractivity contribution >= 4 is 5.91 Å². The zero-order valence-corrected chi connectivity index (χ0v) is 12.6. The fourth-order valence-corrected chi connectivity index (χ4v) is 1.52. The van der Waals surface area contributed by atoms with Gasteiger partial charge in [0.1, 0.15) is 0 Å². The Bertz CT molecular complexity index is 257. The van der Waals surface area contributed by atoms with Gasteiger partial charge in [0.2, 0.25) is 5.91 Å². The summed E-state index contributed by atoms with van der Waals surface area (Å²) in [7, 11) is 3.53. The van der Waals surface area contributed by atoms with Crippen LogP contribution in [0.3, 0.4) is 0 Å². The summed E-state index contributed by atoms with van der Waals surface area (Å²) in [6.07, 6.45) is 0.901. The number of methoxy groups -OCH3 is 1. The maximum atomic E-state index is 12.1. The molecule has 18 heavy (non-hydrogen) atoms. The molecule has 0 aliphatic carbocycles. The molecule has 0 fully saturated rings. The van der Waals surface area contributed by atoms with Crippen molar-refractivity contribution in [2.75, 3.05) is 27.3 Å². The first-order chi connectivity index (χ1) is 8.23. The van der Waals surface area contributed by atoms with Crippen LogP contribution < -0.4 is 11.1 Å². The SMILES string of the molecule is CCC(C)(C)NC(=O)C(C)N(C)CC(N)COC. The maximum absolute atomic E-state index is 12.1. The number of carbonyl (C=O) groups is 1. The number of nitrogens with zero attached hydrogens (tertiary/aromatic N) is 1. The van der Waals surface area contributed by atoms with E-state index in [9.17, 15) is 4.79 Å². The molecule has 2 atom stereocenters. The number of nitrogens with two attached hydrogens (primary N) is 1. The molecule has 0 bridgehead atoms. The zero-order chi connectivity index (χ0) is 14.3. The summed E-state index contributed by atoms with van der Waals surface area (Å²) in [5.41, 5.74) is 5.71. The summed E-state index contributed by atoms with van der Waals surface area (Å²) in [5.74, 6) is 0.0361. The van der Waals surface area contributed by atoms with Crippen LogP contribution >= 0.6 is 0 Å². The molecular formula is C13H29N3O2. The van der Waals surface area contributed by atoms with Crippen molar-refractivity contribution in [3.63, 3.8) is 0 Å². The molecule has 0 heterocycles. The Kier molecular flexibility index (Phi) is 7.43. The Hall–Kier alpha value is -0.650. The quantitative estimate of drug-likeness (QED) is 0.669. The van der Waals surface area contributed by atoms with E-state index < -0.39 is 0 Å². The number of likely N-dealkylation sites (N-methyl/N-ethyl adjacent to an activating group) is 1. The number of carbonyl (C=O) groups excluding carboxylic acids is 1. The normalized spacial score (nSPS) is 15.6. The average Bonchev–Trinajstić information content (AvgIpc) is 2.27. The van der Waals surface area contributed by atoms with Gasteiger partial charge in [0.15, 0.2) is 0 Å². The molecule has 5 nitrogen and oxygen atoms in total. The van der Waals surface area contributed by atoms with E-state index in [1.165, 1.54) is 0 Å². The molecule has 2 unspecified atom stereocenters. The van der Waals surface area contributed by atoms with E-state index in [1.807, 2.05) is 32.7 Å². The standard InChI is InChI=1S/C13H29N3O2/c1-7-13(3,4)15-12(17)10(2)16(5)8-11(14)9-18-6/h10-11H,7-9,14H2,1-6H3,(H,15,17). The summed E-state index contributed by atoms with van der Waals surface area (Å²) >= 11 is 0. The third-order valence-electron chi connectivity index (χ3n) is 3.29. The Labute approximate surface area is 111 Å². The van der Waals surface area contributed by atoms with Crippen LogP contribution in [0.2, 0.25) is 0 Å². The minimum atomic E-state index is -0.196. The van der Waals surface area contributed by atoms with E-state index in [-0.39, 0.29) is 23.5 Å². The number of hydrogen-bond acceptors (Lipinski definition) is 4. The highest BCUT2D eigenvalue weighted by Gasteiger charge is 2.24. The third kappa shape index (κ3) is 6.33. The smallest absolute Gasteiger partial charge is 0.237 e. The lowest BCUT2D eigenvalue weighted by Crippen LogP contribution is -2.53. The minimum Gasteiger partial charge on any atom is -0.383 e. The van der Waals surface area contributed by atoms with Crippen molar-refractivity contribution in [3.05, 3.63) is 0 Å². The lowest BCUT2D eigenvalue weighted by Gasteiger charge is -2.31. The van der Waals surface area contributed by atoms with Crippen LogP contribution in [-0.4, -0.2) is 55.7 Å². The number of ether oxygens (including phenoxy) is 1. The first-order valence-electron chi connectivity index (χ1n) is 6.50. The number of amides is 1. The lowest BCUT2D eigenvalue weighted by atomic mass is 10.0. The van der Waals surface area contributed by atoms with E-state index in [0.717, 1.165) is 6.42 Å². The summed E-state index contributed by atoms with van der Waals surface area (Å²) in [6, 6.07) is -0.270. The van der Waals surface area contributed by atoms with Crippen LogP contribution in [-0.2, 0) is 9.53 Å². The minimum absolute atomic E-state index is 0.0361. The molecule has 0 rings (SSSR count). The van der Waals surface area contributed by atoms with E-state index in [0.29, 0.717) is 13.2 Å². The predicted octanol–water partition coefficient (Wildman–Crippen LogP) is 0.585. The molecule has 0 spiro atoms. The van der Waals surface area contributed by atoms with Crippen molar-refractivity contribution in [1.82, 2.24) is 10.2 Å². The van der Waals surface area contributed by atoms with Gasteiger partial charge in [-0.05, 0) is 34.2 Å². The molecule has 0 aromatic carbocycles. The fraction of sp³-hybridized carbons (Fsp3) is 0.923. The summed E-state index contributed by atoms with van der Waals surface area (Å²) in [5, 5.41) is 3.04. The van der Waals surface area contributed by atoms with Crippen LogP contribution in [0.5, 0.6) is 0 Å². The van der Waals surface area contributed by atoms with Gasteiger partial charge in [0.25, 0.3) is 0 Å². The van der Waals surface area contributed by atoms with Gasteiger partial charge in [-0.1, -0.05) is 6.92 Å². The first kappa shape index (κ1) is 17.4. The van der Waals surface area contributed by atoms with Gasteiger partial charge >= 0.3 is 0 Å². The number of rotatable bonds is 8. The van der Waals surface area contributed by atoms with E-state index in [1.54, 1.807) is 7.11 Å². The van der Waals surface area contributed by atoms with Gasteiger partial charge in [-0.2, -0.15) is 0 Å². The second kappa shape index (κ2) is 7.71. The Morgan fingerprint density at radius 1 is 1.50 bits per heavy atom. The van der Waals surface area contributed by atoms with Crippen LogP contribution in [0.25, 0.3) is 0 Å². The topological polar surface area (TPSA) is 67.6 Å². The Balaban J connectivity index is 4.28. The van der Waals surface area contributed by atoms with Crippen LogP contribution in [0.15, 0.2) is 0 Å². The van der Waals surface area contributed by atoms with Crippen molar-refractivity contribution in [1.29, 1.82) is 0 Å². The molecule has 0 aliphatic rings. The van der Waals surface area contributed by atoms with Crippen molar-refractivity contribution in [2.45, 2.75) is 51.7 Å². The highest BCUT2D eigenvalue weighted by Crippen LogP contribution is 2.08. The molecule has 3 N–H and O–H groups in total.